The van der Waals surface area contributed by atoms with Crippen LogP contribution in [0.4, 0.5) is 0 Å². The molecule has 2 heteroatoms. The Morgan fingerprint density at radius 2 is 1.93 bits per heavy atom. The Bertz CT molecular complexity index is 432. The summed E-state index contributed by atoms with van der Waals surface area (Å²) >= 11 is 0. The van der Waals surface area contributed by atoms with Gasteiger partial charge in [-0.1, -0.05) is 31.2 Å². The van der Waals surface area contributed by atoms with Gasteiger partial charge in [0.15, 0.2) is 5.78 Å². The van der Waals surface area contributed by atoms with Crippen LogP contribution in [0.5, 0.6) is 0 Å². The normalized spacial score (nSPS) is 21.9. The average molecular weight is 201 g/mol. The Hall–Kier alpha value is -1.57. The maximum Gasteiger partial charge on any atom is 0.191 e. The van der Waals surface area contributed by atoms with Crippen molar-refractivity contribution in [1.29, 1.82) is 0 Å². The first-order valence-corrected chi connectivity index (χ1v) is 5.13. The van der Waals surface area contributed by atoms with E-state index in [1.54, 1.807) is 0 Å². The minimum absolute atomic E-state index is 0.173. The highest BCUT2D eigenvalue weighted by Crippen LogP contribution is 2.36. The molecule has 15 heavy (non-hydrogen) atoms. The number of benzene rings is 1. The third-order valence-corrected chi connectivity index (χ3v) is 2.80. The van der Waals surface area contributed by atoms with E-state index in [0.717, 1.165) is 16.7 Å². The lowest BCUT2D eigenvalue weighted by Gasteiger charge is -2.09. The molecule has 0 spiro atoms. The molecule has 0 N–H and O–H groups in total. The molecule has 2 rings (SSSR count). The van der Waals surface area contributed by atoms with Gasteiger partial charge in [-0.15, -0.1) is 0 Å². The maximum atomic E-state index is 12.0. The van der Waals surface area contributed by atoms with Crippen LogP contribution in [-0.2, 0) is 0 Å². The first-order chi connectivity index (χ1) is 7.11. The zero-order chi connectivity index (χ0) is 11.0. The molecule has 1 unspecified atom stereocenters. The van der Waals surface area contributed by atoms with Crippen molar-refractivity contribution in [3.63, 3.8) is 0 Å². The average Bonchev–Trinajstić information content (AvgIpc) is 2.44. The Morgan fingerprint density at radius 3 is 2.53 bits per heavy atom. The van der Waals surface area contributed by atoms with Gasteiger partial charge in [0.05, 0.1) is 0 Å². The van der Waals surface area contributed by atoms with Crippen molar-refractivity contribution in [2.24, 2.45) is 0 Å². The predicted molar refractivity (Wildman–Crippen MR) is 61.0 cm³/mol. The van der Waals surface area contributed by atoms with Crippen LogP contribution in [0.3, 0.4) is 0 Å². The van der Waals surface area contributed by atoms with Crippen LogP contribution in [0.25, 0.3) is 0 Å². The molecule has 1 aliphatic rings. The van der Waals surface area contributed by atoms with Gasteiger partial charge in [-0.3, -0.25) is 4.79 Å². The number of allylic oxidation sites excluding steroid dienone is 1. The number of hydrogen-bond donors (Lipinski definition) is 0. The van der Waals surface area contributed by atoms with Crippen LogP contribution in [0.2, 0.25) is 0 Å². The Labute approximate surface area is 90.2 Å². The second-order valence-electron chi connectivity index (χ2n) is 4.19. The molecule has 0 saturated heterocycles. The molecule has 0 heterocycles. The Morgan fingerprint density at radius 1 is 1.27 bits per heavy atom. The summed E-state index contributed by atoms with van der Waals surface area (Å²) in [6.07, 6.45) is 1.92. The first kappa shape index (κ1) is 9.97. The number of nitrogens with zero attached hydrogens (tertiary/aromatic N) is 1. The standard InChI is InChI=1S/C13H15NO/c1-9-10-6-4-5-7-11(10)13(15)12(9)8-14(2)3/h4-9H,1-3H3/b12-8+. The van der Waals surface area contributed by atoms with E-state index in [1.165, 1.54) is 0 Å². The van der Waals surface area contributed by atoms with Crippen molar-refractivity contribution in [2.75, 3.05) is 14.1 Å². The highest BCUT2D eigenvalue weighted by Gasteiger charge is 2.30. The molecule has 1 aliphatic carbocycles. The first-order valence-electron chi connectivity index (χ1n) is 5.13. The summed E-state index contributed by atoms with van der Waals surface area (Å²) in [6.45, 7) is 2.08. The van der Waals surface area contributed by atoms with Gasteiger partial charge in [-0.05, 0) is 5.56 Å². The minimum Gasteiger partial charge on any atom is -0.383 e. The predicted octanol–water partition coefficient (Wildman–Crippen LogP) is 2.43. The molecule has 1 aromatic carbocycles. The van der Waals surface area contributed by atoms with Crippen molar-refractivity contribution < 1.29 is 4.79 Å². The van der Waals surface area contributed by atoms with Crippen LogP contribution in [0, 0.1) is 0 Å². The lowest BCUT2D eigenvalue weighted by Crippen LogP contribution is -2.07. The molecule has 0 fully saturated rings. The van der Waals surface area contributed by atoms with Gasteiger partial charge in [0.2, 0.25) is 0 Å². The van der Waals surface area contributed by atoms with E-state index in [9.17, 15) is 4.79 Å². The lowest BCUT2D eigenvalue weighted by atomic mass is 10.0. The van der Waals surface area contributed by atoms with E-state index >= 15 is 0 Å². The van der Waals surface area contributed by atoms with E-state index in [2.05, 4.69) is 6.92 Å². The maximum absolute atomic E-state index is 12.0. The topological polar surface area (TPSA) is 20.3 Å². The fourth-order valence-corrected chi connectivity index (χ4v) is 2.05. The summed E-state index contributed by atoms with van der Waals surface area (Å²) in [5, 5.41) is 0. The zero-order valence-electron chi connectivity index (χ0n) is 9.32. The van der Waals surface area contributed by atoms with E-state index in [4.69, 9.17) is 0 Å². The monoisotopic (exact) mass is 201 g/mol. The second kappa shape index (κ2) is 3.54. The minimum atomic E-state index is 0.173. The van der Waals surface area contributed by atoms with E-state index in [1.807, 2.05) is 49.5 Å². The number of carbonyl (C=O) groups excluding carboxylic acids is 1. The summed E-state index contributed by atoms with van der Waals surface area (Å²) in [6, 6.07) is 7.85. The number of fused-ring (bicyclic) bond motifs is 1. The number of rotatable bonds is 1. The van der Waals surface area contributed by atoms with Gasteiger partial charge in [-0.2, -0.15) is 0 Å². The van der Waals surface area contributed by atoms with Crippen molar-refractivity contribution in [3.05, 3.63) is 47.2 Å². The third kappa shape index (κ3) is 1.56. The number of hydrogen-bond acceptors (Lipinski definition) is 2. The fourth-order valence-electron chi connectivity index (χ4n) is 2.05. The molecule has 78 valence electrons. The molecule has 0 aliphatic heterocycles. The number of carbonyl (C=O) groups is 1. The molecule has 0 saturated carbocycles. The Kier molecular flexibility index (Phi) is 2.35. The summed E-state index contributed by atoms with van der Waals surface area (Å²) in [5.41, 5.74) is 2.90. The van der Waals surface area contributed by atoms with Crippen LogP contribution in [0.1, 0.15) is 28.8 Å². The molecule has 0 aromatic heterocycles. The number of Topliss-reactive ketones (excluding diaryl/α,β-unsaturated/α-hetero) is 1. The molecule has 0 bridgehead atoms. The summed E-state index contributed by atoms with van der Waals surface area (Å²) in [7, 11) is 3.88. The highest BCUT2D eigenvalue weighted by molar-refractivity contribution is 6.14. The fraction of sp³-hybridized carbons (Fsp3) is 0.308. The van der Waals surface area contributed by atoms with Crippen LogP contribution < -0.4 is 0 Å². The molecular weight excluding hydrogens is 186 g/mol. The van der Waals surface area contributed by atoms with Crippen LogP contribution >= 0.6 is 0 Å². The smallest absolute Gasteiger partial charge is 0.191 e. The SMILES string of the molecule is CC1/C(=C\N(C)C)C(=O)c2ccccc21. The summed E-state index contributed by atoms with van der Waals surface area (Å²) in [5.74, 6) is 0.392. The number of ketones is 1. The van der Waals surface area contributed by atoms with E-state index < -0.39 is 0 Å². The van der Waals surface area contributed by atoms with Gasteiger partial charge in [0, 0.05) is 37.3 Å². The van der Waals surface area contributed by atoms with Gasteiger partial charge in [0.1, 0.15) is 0 Å². The van der Waals surface area contributed by atoms with Crippen LogP contribution in [-0.4, -0.2) is 24.8 Å². The third-order valence-electron chi connectivity index (χ3n) is 2.80. The summed E-state index contributed by atoms with van der Waals surface area (Å²) in [4.78, 5) is 14.0. The van der Waals surface area contributed by atoms with E-state index in [0.29, 0.717) is 0 Å². The van der Waals surface area contributed by atoms with Crippen molar-refractivity contribution >= 4 is 5.78 Å². The van der Waals surface area contributed by atoms with Crippen LogP contribution in [0.15, 0.2) is 36.0 Å². The van der Waals surface area contributed by atoms with E-state index in [-0.39, 0.29) is 11.7 Å². The summed E-state index contributed by atoms with van der Waals surface area (Å²) < 4.78 is 0. The largest absolute Gasteiger partial charge is 0.383 e. The van der Waals surface area contributed by atoms with Gasteiger partial charge in [-0.25, -0.2) is 0 Å². The van der Waals surface area contributed by atoms with Crippen molar-refractivity contribution in [1.82, 2.24) is 4.90 Å². The van der Waals surface area contributed by atoms with Gasteiger partial charge >= 0.3 is 0 Å². The molecule has 1 aromatic rings. The van der Waals surface area contributed by atoms with Crippen molar-refractivity contribution in [2.45, 2.75) is 12.8 Å². The molecule has 1 atom stereocenters. The molecular formula is C13H15NO. The quantitative estimate of drug-likeness (QED) is 0.650. The highest BCUT2D eigenvalue weighted by atomic mass is 16.1. The Balaban J connectivity index is 2.50. The van der Waals surface area contributed by atoms with Gasteiger partial charge in [0.25, 0.3) is 0 Å². The van der Waals surface area contributed by atoms with Gasteiger partial charge < -0.3 is 4.90 Å². The molecule has 0 radical (unpaired) electrons. The zero-order valence-corrected chi connectivity index (χ0v) is 9.32. The van der Waals surface area contributed by atoms with Crippen molar-refractivity contribution in [3.8, 4) is 0 Å². The second-order valence-corrected chi connectivity index (χ2v) is 4.19. The molecule has 2 nitrogen and oxygen atoms in total. The molecule has 0 amide bonds. The lowest BCUT2D eigenvalue weighted by molar-refractivity contribution is 0.103.